The number of morpholine rings is 1. The summed E-state index contributed by atoms with van der Waals surface area (Å²) in [6, 6.07) is 0. The molecular formula is C19H38IN5O2. The average Bonchev–Trinajstić information content (AvgIpc) is 3.14. The van der Waals surface area contributed by atoms with Crippen LogP contribution in [0.15, 0.2) is 4.99 Å². The highest BCUT2D eigenvalue weighted by Crippen LogP contribution is 2.18. The molecule has 158 valence electrons. The van der Waals surface area contributed by atoms with Crippen LogP contribution < -0.4 is 5.32 Å². The lowest BCUT2D eigenvalue weighted by atomic mass is 10.0. The molecular weight excluding hydrogens is 457 g/mol. The van der Waals surface area contributed by atoms with Crippen LogP contribution in [0.4, 0.5) is 0 Å². The molecule has 0 spiro atoms. The molecule has 8 heteroatoms. The number of guanidine groups is 1. The number of rotatable bonds is 5. The van der Waals surface area contributed by atoms with Crippen LogP contribution in [-0.4, -0.2) is 112 Å². The predicted molar refractivity (Wildman–Crippen MR) is 120 cm³/mol. The average molecular weight is 495 g/mol. The molecule has 0 bridgehead atoms. The Morgan fingerprint density at radius 1 is 1.11 bits per heavy atom. The lowest BCUT2D eigenvalue weighted by molar-refractivity contribution is -0.0496. The number of aliphatic imine (C=N–C) groups is 1. The first-order chi connectivity index (χ1) is 12.6. The second kappa shape index (κ2) is 11.1. The number of nitrogens with zero attached hydrogens (tertiary/aromatic N) is 4. The summed E-state index contributed by atoms with van der Waals surface area (Å²) in [4.78, 5) is 12.0. The van der Waals surface area contributed by atoms with Gasteiger partial charge >= 0.3 is 0 Å². The zero-order valence-corrected chi connectivity index (χ0v) is 19.6. The van der Waals surface area contributed by atoms with Gasteiger partial charge in [0.15, 0.2) is 5.96 Å². The van der Waals surface area contributed by atoms with Gasteiger partial charge < -0.3 is 19.7 Å². The van der Waals surface area contributed by atoms with E-state index in [-0.39, 0.29) is 29.5 Å². The Balaban J connectivity index is 0.00000261. The third-order valence-corrected chi connectivity index (χ3v) is 5.91. The van der Waals surface area contributed by atoms with Crippen molar-refractivity contribution in [3.8, 4) is 0 Å². The van der Waals surface area contributed by atoms with Crippen LogP contribution in [0, 0.1) is 5.92 Å². The van der Waals surface area contributed by atoms with E-state index in [9.17, 15) is 0 Å². The monoisotopic (exact) mass is 495 g/mol. The minimum absolute atomic E-state index is 0. The van der Waals surface area contributed by atoms with Crippen LogP contribution in [0.5, 0.6) is 0 Å². The quantitative estimate of drug-likeness (QED) is 0.348. The molecule has 27 heavy (non-hydrogen) atoms. The fourth-order valence-electron chi connectivity index (χ4n) is 4.17. The lowest BCUT2D eigenvalue weighted by Crippen LogP contribution is -2.56. The van der Waals surface area contributed by atoms with Crippen LogP contribution in [0.1, 0.15) is 20.3 Å². The summed E-state index contributed by atoms with van der Waals surface area (Å²) in [5, 5.41) is 3.57. The van der Waals surface area contributed by atoms with Gasteiger partial charge in [0.2, 0.25) is 0 Å². The fourth-order valence-corrected chi connectivity index (χ4v) is 4.17. The van der Waals surface area contributed by atoms with E-state index in [2.05, 4.69) is 38.9 Å². The van der Waals surface area contributed by atoms with E-state index < -0.39 is 0 Å². The third kappa shape index (κ3) is 6.69. The molecule has 0 radical (unpaired) electrons. The van der Waals surface area contributed by atoms with E-state index in [0.29, 0.717) is 0 Å². The first-order valence-electron chi connectivity index (χ1n) is 10.2. The maximum absolute atomic E-state index is 5.61. The molecule has 3 saturated heterocycles. The molecule has 3 aliphatic heterocycles. The molecule has 0 amide bonds. The van der Waals surface area contributed by atoms with Gasteiger partial charge in [0.05, 0.1) is 19.8 Å². The molecule has 1 atom stereocenters. The smallest absolute Gasteiger partial charge is 0.193 e. The van der Waals surface area contributed by atoms with E-state index >= 15 is 0 Å². The number of piperazine rings is 1. The number of nitrogens with one attached hydrogen (secondary N) is 1. The van der Waals surface area contributed by atoms with Crippen molar-refractivity contribution in [3.63, 3.8) is 0 Å². The summed E-state index contributed by atoms with van der Waals surface area (Å²) in [7, 11) is 1.89. The number of hydrogen-bond acceptors (Lipinski definition) is 5. The number of hydrogen-bond donors (Lipinski definition) is 1. The number of halogens is 1. The maximum atomic E-state index is 5.61. The molecule has 3 aliphatic rings. The Kier molecular flexibility index (Phi) is 9.54. The minimum atomic E-state index is 0. The van der Waals surface area contributed by atoms with Gasteiger partial charge in [-0.1, -0.05) is 0 Å². The highest BCUT2D eigenvalue weighted by atomic mass is 127. The SMILES string of the molecule is CN=C(NCCN1CCOCC1(C)C)N1CCN(CC2CCOC2)CC1.I. The minimum Gasteiger partial charge on any atom is -0.381 e. The highest BCUT2D eigenvalue weighted by Gasteiger charge is 2.30. The maximum Gasteiger partial charge on any atom is 0.193 e. The van der Waals surface area contributed by atoms with Gasteiger partial charge in [0, 0.05) is 71.6 Å². The second-order valence-corrected chi connectivity index (χ2v) is 8.34. The zero-order chi connectivity index (χ0) is 18.4. The van der Waals surface area contributed by atoms with Gasteiger partial charge in [-0.3, -0.25) is 14.8 Å². The van der Waals surface area contributed by atoms with Gasteiger partial charge in [-0.15, -0.1) is 24.0 Å². The largest absolute Gasteiger partial charge is 0.381 e. The third-order valence-electron chi connectivity index (χ3n) is 5.91. The normalized spacial score (nSPS) is 27.4. The number of ether oxygens (including phenoxy) is 2. The Morgan fingerprint density at radius 3 is 2.52 bits per heavy atom. The Labute approximate surface area is 181 Å². The summed E-state index contributed by atoms with van der Waals surface area (Å²) < 4.78 is 11.1. The van der Waals surface area contributed by atoms with Crippen molar-refractivity contribution in [1.29, 1.82) is 0 Å². The van der Waals surface area contributed by atoms with Gasteiger partial charge in [0.1, 0.15) is 0 Å². The van der Waals surface area contributed by atoms with Crippen LogP contribution in [0.3, 0.4) is 0 Å². The van der Waals surface area contributed by atoms with Crippen molar-refractivity contribution in [3.05, 3.63) is 0 Å². The molecule has 3 fully saturated rings. The van der Waals surface area contributed by atoms with E-state index in [4.69, 9.17) is 9.47 Å². The van der Waals surface area contributed by atoms with Crippen LogP contribution in [0.2, 0.25) is 0 Å². The summed E-state index contributed by atoms with van der Waals surface area (Å²) in [5.74, 6) is 1.77. The standard InChI is InChI=1S/C19H37N5O2.HI/c1-19(2)16-26-13-11-24(19)6-5-21-18(20-3)23-9-7-22(8-10-23)14-17-4-12-25-15-17;/h17H,4-16H2,1-3H3,(H,20,21);1H. The van der Waals surface area contributed by atoms with Crippen molar-refractivity contribution >= 4 is 29.9 Å². The molecule has 0 aromatic rings. The van der Waals surface area contributed by atoms with E-state index in [0.717, 1.165) is 84.1 Å². The van der Waals surface area contributed by atoms with E-state index in [1.165, 1.54) is 13.0 Å². The summed E-state index contributed by atoms with van der Waals surface area (Å²) in [6.07, 6.45) is 1.22. The zero-order valence-electron chi connectivity index (χ0n) is 17.3. The molecule has 0 aliphatic carbocycles. The first kappa shape index (κ1) is 23.1. The lowest BCUT2D eigenvalue weighted by Gasteiger charge is -2.42. The van der Waals surface area contributed by atoms with Gasteiger partial charge in [-0.25, -0.2) is 0 Å². The molecule has 7 nitrogen and oxygen atoms in total. The van der Waals surface area contributed by atoms with Crippen molar-refractivity contribution in [2.45, 2.75) is 25.8 Å². The summed E-state index contributed by atoms with van der Waals surface area (Å²) in [6.45, 7) is 16.6. The molecule has 0 aromatic heterocycles. The van der Waals surface area contributed by atoms with Crippen molar-refractivity contribution in [2.75, 3.05) is 85.8 Å². The molecule has 3 rings (SSSR count). The van der Waals surface area contributed by atoms with Gasteiger partial charge in [-0.2, -0.15) is 0 Å². The summed E-state index contributed by atoms with van der Waals surface area (Å²) in [5.41, 5.74) is 0.124. The molecule has 1 unspecified atom stereocenters. The van der Waals surface area contributed by atoms with E-state index in [1.807, 2.05) is 7.05 Å². The van der Waals surface area contributed by atoms with Crippen LogP contribution in [0.25, 0.3) is 0 Å². The van der Waals surface area contributed by atoms with Crippen molar-refractivity contribution in [2.24, 2.45) is 10.9 Å². The van der Waals surface area contributed by atoms with Crippen molar-refractivity contribution in [1.82, 2.24) is 20.0 Å². The Morgan fingerprint density at radius 2 is 1.89 bits per heavy atom. The predicted octanol–water partition coefficient (Wildman–Crippen LogP) is 0.945. The summed E-state index contributed by atoms with van der Waals surface area (Å²) >= 11 is 0. The van der Waals surface area contributed by atoms with Gasteiger partial charge in [-0.05, 0) is 26.2 Å². The Bertz CT molecular complexity index is 463. The van der Waals surface area contributed by atoms with Crippen LogP contribution >= 0.6 is 24.0 Å². The Hall–Kier alpha value is -0.160. The highest BCUT2D eigenvalue weighted by molar-refractivity contribution is 14.0. The molecule has 3 heterocycles. The topological polar surface area (TPSA) is 52.6 Å². The van der Waals surface area contributed by atoms with Crippen molar-refractivity contribution < 1.29 is 9.47 Å². The fraction of sp³-hybridized carbons (Fsp3) is 0.947. The van der Waals surface area contributed by atoms with Gasteiger partial charge in [0.25, 0.3) is 0 Å². The molecule has 0 saturated carbocycles. The van der Waals surface area contributed by atoms with E-state index in [1.54, 1.807) is 0 Å². The van der Waals surface area contributed by atoms with Crippen LogP contribution in [-0.2, 0) is 9.47 Å². The first-order valence-corrected chi connectivity index (χ1v) is 10.2. The molecule has 1 N–H and O–H groups in total. The second-order valence-electron chi connectivity index (χ2n) is 8.34. The molecule has 0 aromatic carbocycles.